The largest absolute Gasteiger partial charge is 0.383 e. The smallest absolute Gasteiger partial charge is 0.270 e. The molecule has 178 valence electrons. The molecule has 2 fully saturated rings. The Bertz CT molecular complexity index is 1050. The first-order chi connectivity index (χ1) is 15.8. The molecule has 0 saturated carbocycles. The molecule has 0 atom stereocenters. The van der Waals surface area contributed by atoms with Gasteiger partial charge in [-0.1, -0.05) is 44.2 Å². The summed E-state index contributed by atoms with van der Waals surface area (Å²) in [6.45, 7) is 9.15. The van der Waals surface area contributed by atoms with Crippen molar-refractivity contribution in [2.24, 2.45) is 5.92 Å². The molecule has 33 heavy (non-hydrogen) atoms. The third-order valence-corrected chi connectivity index (χ3v) is 7.71. The van der Waals surface area contributed by atoms with Gasteiger partial charge in [0.05, 0.1) is 18.1 Å². The van der Waals surface area contributed by atoms with E-state index >= 15 is 0 Å². The standard InChI is InChI=1S/C24H32N4O3S2/c1-5-6-9-27-21(26-10-7-16(2)8-11-26)18(17(3)19(15-25)22(27)29)14-20-23(30)28(12-13-31-4)24(32)33-20/h14,16H,5-13H2,1-4H3/b20-14+. The van der Waals surface area contributed by atoms with Crippen molar-refractivity contribution >= 4 is 46.1 Å². The molecule has 0 bridgehead atoms. The summed E-state index contributed by atoms with van der Waals surface area (Å²) in [6.07, 6.45) is 5.69. The second kappa shape index (κ2) is 11.3. The minimum absolute atomic E-state index is 0.140. The number of ether oxygens (including phenoxy) is 1. The SMILES string of the molecule is CCCCn1c(N2CCC(C)CC2)c(/C=C2/SC(=S)N(CCOC)C2=O)c(C)c(C#N)c1=O. The summed E-state index contributed by atoms with van der Waals surface area (Å²) in [4.78, 5) is 30.7. The zero-order valence-corrected chi connectivity index (χ0v) is 21.5. The lowest BCUT2D eigenvalue weighted by Crippen LogP contribution is -2.39. The van der Waals surface area contributed by atoms with Gasteiger partial charge in [-0.15, -0.1) is 0 Å². The van der Waals surface area contributed by atoms with E-state index in [2.05, 4.69) is 24.8 Å². The Hall–Kier alpha value is -2.15. The maximum atomic E-state index is 13.3. The summed E-state index contributed by atoms with van der Waals surface area (Å²) in [5.41, 5.74) is 1.28. The number of hydrogen-bond donors (Lipinski definition) is 0. The van der Waals surface area contributed by atoms with E-state index in [4.69, 9.17) is 17.0 Å². The summed E-state index contributed by atoms with van der Waals surface area (Å²) in [5, 5.41) is 9.79. The van der Waals surface area contributed by atoms with Crippen LogP contribution in [0.1, 0.15) is 56.2 Å². The first kappa shape index (κ1) is 25.5. The normalized spacial score (nSPS) is 18.5. The highest BCUT2D eigenvalue weighted by atomic mass is 32.2. The number of anilines is 1. The van der Waals surface area contributed by atoms with Crippen molar-refractivity contribution in [2.75, 3.05) is 38.3 Å². The van der Waals surface area contributed by atoms with Crippen molar-refractivity contribution in [1.29, 1.82) is 5.26 Å². The van der Waals surface area contributed by atoms with E-state index in [9.17, 15) is 14.9 Å². The first-order valence-corrected chi connectivity index (χ1v) is 12.7. The number of thiocarbonyl (C=S) groups is 1. The number of aromatic nitrogens is 1. The number of thioether (sulfide) groups is 1. The van der Waals surface area contributed by atoms with E-state index in [1.54, 1.807) is 23.5 Å². The molecule has 3 rings (SSSR count). The van der Waals surface area contributed by atoms with E-state index < -0.39 is 0 Å². The number of rotatable bonds is 8. The Morgan fingerprint density at radius 3 is 2.58 bits per heavy atom. The molecule has 7 nitrogen and oxygen atoms in total. The Morgan fingerprint density at radius 2 is 1.97 bits per heavy atom. The minimum Gasteiger partial charge on any atom is -0.383 e. The molecule has 0 aliphatic carbocycles. The third kappa shape index (κ3) is 5.34. The van der Waals surface area contributed by atoms with E-state index in [-0.39, 0.29) is 17.0 Å². The van der Waals surface area contributed by atoms with Gasteiger partial charge in [0.25, 0.3) is 11.5 Å². The molecule has 3 heterocycles. The molecule has 2 aliphatic rings. The van der Waals surface area contributed by atoms with Crippen molar-refractivity contribution in [3.63, 3.8) is 0 Å². The van der Waals surface area contributed by atoms with Gasteiger partial charge in [0.15, 0.2) is 0 Å². The van der Waals surface area contributed by atoms with Gasteiger partial charge in [-0.3, -0.25) is 19.1 Å². The average Bonchev–Trinajstić information content (AvgIpc) is 3.06. The van der Waals surface area contributed by atoms with Gasteiger partial charge in [0, 0.05) is 32.3 Å². The number of carbonyl (C=O) groups excluding carboxylic acids is 1. The van der Waals surface area contributed by atoms with Gasteiger partial charge in [0.2, 0.25) is 0 Å². The topological polar surface area (TPSA) is 78.6 Å². The zero-order valence-electron chi connectivity index (χ0n) is 19.8. The van der Waals surface area contributed by atoms with Crippen LogP contribution in [-0.2, 0) is 16.1 Å². The molecule has 0 aromatic carbocycles. The van der Waals surface area contributed by atoms with Crippen LogP contribution in [-0.4, -0.2) is 53.0 Å². The highest BCUT2D eigenvalue weighted by molar-refractivity contribution is 8.26. The molecular formula is C24H32N4O3S2. The van der Waals surface area contributed by atoms with E-state index in [1.807, 2.05) is 6.08 Å². The van der Waals surface area contributed by atoms with Crippen molar-refractivity contribution in [3.05, 3.63) is 31.9 Å². The number of pyridine rings is 1. The summed E-state index contributed by atoms with van der Waals surface area (Å²) in [6, 6.07) is 2.11. The Kier molecular flexibility index (Phi) is 8.74. The first-order valence-electron chi connectivity index (χ1n) is 11.5. The summed E-state index contributed by atoms with van der Waals surface area (Å²) in [5.74, 6) is 1.29. The lowest BCUT2D eigenvalue weighted by atomic mass is 9.97. The molecule has 1 amide bonds. The van der Waals surface area contributed by atoms with Crippen LogP contribution in [0.25, 0.3) is 6.08 Å². The summed E-state index contributed by atoms with van der Waals surface area (Å²) >= 11 is 6.69. The summed E-state index contributed by atoms with van der Waals surface area (Å²) < 4.78 is 7.36. The van der Waals surface area contributed by atoms with Crippen molar-refractivity contribution in [1.82, 2.24) is 9.47 Å². The van der Waals surface area contributed by atoms with Crippen LogP contribution in [0.4, 0.5) is 5.82 Å². The molecule has 9 heteroatoms. The monoisotopic (exact) mass is 488 g/mol. The Morgan fingerprint density at radius 1 is 1.27 bits per heavy atom. The predicted molar refractivity (Wildman–Crippen MR) is 137 cm³/mol. The molecular weight excluding hydrogens is 456 g/mol. The number of hydrogen-bond acceptors (Lipinski definition) is 7. The van der Waals surface area contributed by atoms with Crippen LogP contribution in [0.3, 0.4) is 0 Å². The van der Waals surface area contributed by atoms with Gasteiger partial charge in [0.1, 0.15) is 21.8 Å². The van der Waals surface area contributed by atoms with E-state index in [1.165, 1.54) is 11.8 Å². The molecule has 1 aromatic heterocycles. The fourth-order valence-electron chi connectivity index (χ4n) is 4.24. The molecule has 0 unspecified atom stereocenters. The average molecular weight is 489 g/mol. The maximum absolute atomic E-state index is 13.3. The van der Waals surface area contributed by atoms with Crippen LogP contribution in [0, 0.1) is 24.2 Å². The lowest BCUT2D eigenvalue weighted by molar-refractivity contribution is -0.122. The fourth-order valence-corrected chi connectivity index (χ4v) is 5.53. The van der Waals surface area contributed by atoms with Gasteiger partial charge in [-0.05, 0) is 43.7 Å². The maximum Gasteiger partial charge on any atom is 0.270 e. The van der Waals surface area contributed by atoms with Gasteiger partial charge in [-0.2, -0.15) is 5.26 Å². The van der Waals surface area contributed by atoms with Crippen molar-refractivity contribution in [3.8, 4) is 6.07 Å². The lowest BCUT2D eigenvalue weighted by Gasteiger charge is -2.35. The van der Waals surface area contributed by atoms with Crippen LogP contribution < -0.4 is 10.5 Å². The Balaban J connectivity index is 2.18. The highest BCUT2D eigenvalue weighted by Crippen LogP contribution is 2.36. The molecule has 0 spiro atoms. The molecule has 2 aliphatic heterocycles. The highest BCUT2D eigenvalue weighted by Gasteiger charge is 2.33. The number of nitriles is 1. The number of amides is 1. The molecule has 2 saturated heterocycles. The van der Waals surface area contributed by atoms with Crippen molar-refractivity contribution in [2.45, 2.75) is 53.0 Å². The van der Waals surface area contributed by atoms with Gasteiger partial charge < -0.3 is 9.64 Å². The predicted octanol–water partition coefficient (Wildman–Crippen LogP) is 3.91. The van der Waals surface area contributed by atoms with Gasteiger partial charge in [-0.25, -0.2) is 0 Å². The fraction of sp³-hybridized carbons (Fsp3) is 0.583. The number of piperidine rings is 1. The Labute approximate surface area is 205 Å². The molecule has 0 radical (unpaired) electrons. The van der Waals surface area contributed by atoms with Crippen LogP contribution in [0.2, 0.25) is 0 Å². The second-order valence-electron chi connectivity index (χ2n) is 8.66. The van der Waals surface area contributed by atoms with Crippen LogP contribution in [0.15, 0.2) is 9.70 Å². The quantitative estimate of drug-likeness (QED) is 0.405. The number of carbonyl (C=O) groups is 1. The zero-order chi connectivity index (χ0) is 24.1. The third-order valence-electron chi connectivity index (χ3n) is 6.33. The second-order valence-corrected chi connectivity index (χ2v) is 10.3. The van der Waals surface area contributed by atoms with Crippen LogP contribution >= 0.6 is 24.0 Å². The number of methoxy groups -OCH3 is 1. The van der Waals surface area contributed by atoms with Gasteiger partial charge >= 0.3 is 0 Å². The minimum atomic E-state index is -0.248. The molecule has 0 N–H and O–H groups in total. The van der Waals surface area contributed by atoms with E-state index in [0.717, 1.165) is 50.2 Å². The van der Waals surface area contributed by atoms with Crippen LogP contribution in [0.5, 0.6) is 0 Å². The molecule has 1 aromatic rings. The van der Waals surface area contributed by atoms with E-state index in [0.29, 0.717) is 40.4 Å². The number of nitrogens with zero attached hydrogens (tertiary/aromatic N) is 4. The summed E-state index contributed by atoms with van der Waals surface area (Å²) in [7, 11) is 1.59. The van der Waals surface area contributed by atoms with Crippen molar-refractivity contribution < 1.29 is 9.53 Å². The number of unbranched alkanes of at least 4 members (excludes halogenated alkanes) is 1.